The maximum absolute atomic E-state index is 9.72. The molecule has 1 aliphatic heterocycles. The third-order valence-electron chi connectivity index (χ3n) is 3.50. The lowest BCUT2D eigenvalue weighted by molar-refractivity contribution is 0.0884. The van der Waals surface area contributed by atoms with Gasteiger partial charge in [-0.2, -0.15) is 0 Å². The van der Waals surface area contributed by atoms with Crippen LogP contribution in [0.5, 0.6) is 0 Å². The lowest BCUT2D eigenvalue weighted by Gasteiger charge is -2.15. The second-order valence-corrected chi connectivity index (χ2v) is 3.90. The zero-order chi connectivity index (χ0) is 7.42. The highest BCUT2D eigenvalue weighted by atomic mass is 16.5. The maximum Gasteiger partial charge on any atom is 0.0672 e. The van der Waals surface area contributed by atoms with Crippen molar-refractivity contribution in [3.8, 4) is 0 Å². The summed E-state index contributed by atoms with van der Waals surface area (Å²) in [4.78, 5) is 0. The number of rotatable bonds is 0. The van der Waals surface area contributed by atoms with Gasteiger partial charge in [-0.05, 0) is 11.8 Å². The van der Waals surface area contributed by atoms with Crippen molar-refractivity contribution < 1.29 is 9.84 Å². The molecule has 0 aromatic carbocycles. The molecule has 2 aliphatic carbocycles. The van der Waals surface area contributed by atoms with Gasteiger partial charge in [-0.15, -0.1) is 0 Å². The van der Waals surface area contributed by atoms with Gasteiger partial charge >= 0.3 is 0 Å². The van der Waals surface area contributed by atoms with Crippen LogP contribution < -0.4 is 0 Å². The molecule has 2 bridgehead atoms. The molecular formula is C9H12O2. The van der Waals surface area contributed by atoms with Crippen LogP contribution in [-0.4, -0.2) is 24.4 Å². The monoisotopic (exact) mass is 152 g/mol. The molecule has 0 radical (unpaired) electrons. The van der Waals surface area contributed by atoms with Gasteiger partial charge in [-0.3, -0.25) is 0 Å². The predicted molar refractivity (Wildman–Crippen MR) is 39.9 cm³/mol. The number of hydrogen-bond acceptors (Lipinski definition) is 2. The fraction of sp³-hybridized carbons (Fsp3) is 0.778. The zero-order valence-corrected chi connectivity index (χ0v) is 6.31. The molecule has 2 nitrogen and oxygen atoms in total. The lowest BCUT2D eigenvalue weighted by Crippen LogP contribution is -2.17. The predicted octanol–water partition coefficient (Wildman–Crippen LogP) is 0.426. The molecular weight excluding hydrogens is 140 g/mol. The van der Waals surface area contributed by atoms with Crippen LogP contribution in [0.4, 0.5) is 0 Å². The lowest BCUT2D eigenvalue weighted by atomic mass is 9.86. The van der Waals surface area contributed by atoms with Gasteiger partial charge < -0.3 is 9.84 Å². The van der Waals surface area contributed by atoms with Gasteiger partial charge in [0.05, 0.1) is 19.3 Å². The molecule has 3 aliphatic rings. The Balaban J connectivity index is 1.99. The van der Waals surface area contributed by atoms with Gasteiger partial charge in [-0.1, -0.05) is 12.2 Å². The molecule has 2 fully saturated rings. The average Bonchev–Trinajstić information content (AvgIpc) is 2.61. The third kappa shape index (κ3) is 0.603. The van der Waals surface area contributed by atoms with Crippen molar-refractivity contribution in [1.82, 2.24) is 0 Å². The topological polar surface area (TPSA) is 29.5 Å². The molecule has 0 aromatic heterocycles. The Morgan fingerprint density at radius 2 is 1.64 bits per heavy atom. The van der Waals surface area contributed by atoms with E-state index in [1.54, 1.807) is 0 Å². The molecule has 60 valence electrons. The van der Waals surface area contributed by atoms with Crippen molar-refractivity contribution in [2.24, 2.45) is 23.7 Å². The molecule has 1 N–H and O–H groups in total. The highest BCUT2D eigenvalue weighted by molar-refractivity contribution is 5.19. The van der Waals surface area contributed by atoms with E-state index < -0.39 is 0 Å². The minimum absolute atomic E-state index is 0.0890. The Labute approximate surface area is 65.9 Å². The van der Waals surface area contributed by atoms with Crippen LogP contribution in [-0.2, 0) is 4.74 Å². The summed E-state index contributed by atoms with van der Waals surface area (Å²) in [5, 5.41) is 9.72. The van der Waals surface area contributed by atoms with E-state index in [0.717, 1.165) is 13.2 Å². The van der Waals surface area contributed by atoms with Gasteiger partial charge in [-0.25, -0.2) is 0 Å². The van der Waals surface area contributed by atoms with Gasteiger partial charge in [0.2, 0.25) is 0 Å². The molecule has 1 heterocycles. The average molecular weight is 152 g/mol. The zero-order valence-electron chi connectivity index (χ0n) is 6.31. The quantitative estimate of drug-likeness (QED) is 0.510. The molecule has 11 heavy (non-hydrogen) atoms. The molecule has 1 unspecified atom stereocenters. The Kier molecular flexibility index (Phi) is 1.06. The number of fused-ring (bicyclic) bond motifs is 5. The minimum Gasteiger partial charge on any atom is -0.392 e. The van der Waals surface area contributed by atoms with Crippen LogP contribution in [0.2, 0.25) is 0 Å². The normalized spacial score (nSPS) is 58.8. The van der Waals surface area contributed by atoms with Crippen LogP contribution in [0.1, 0.15) is 0 Å². The Bertz CT molecular complexity index is 192. The molecule has 2 heteroatoms. The second-order valence-electron chi connectivity index (χ2n) is 3.90. The molecule has 3 rings (SSSR count). The van der Waals surface area contributed by atoms with E-state index in [1.165, 1.54) is 0 Å². The van der Waals surface area contributed by atoms with E-state index >= 15 is 0 Å². The van der Waals surface area contributed by atoms with E-state index in [4.69, 9.17) is 4.74 Å². The number of aliphatic hydroxyl groups is 1. The van der Waals surface area contributed by atoms with Gasteiger partial charge in [0.15, 0.2) is 0 Å². The first kappa shape index (κ1) is 6.21. The Morgan fingerprint density at radius 1 is 1.09 bits per heavy atom. The summed E-state index contributed by atoms with van der Waals surface area (Å²) in [6.07, 6.45) is 4.25. The van der Waals surface area contributed by atoms with Crippen LogP contribution in [0.25, 0.3) is 0 Å². The summed E-state index contributed by atoms with van der Waals surface area (Å²) in [6.45, 7) is 1.74. The Morgan fingerprint density at radius 3 is 2.18 bits per heavy atom. The number of aliphatic hydroxyl groups excluding tert-OH is 1. The van der Waals surface area contributed by atoms with Crippen molar-refractivity contribution in [3.05, 3.63) is 12.2 Å². The van der Waals surface area contributed by atoms with Crippen molar-refractivity contribution in [1.29, 1.82) is 0 Å². The highest BCUT2D eigenvalue weighted by Gasteiger charge is 2.53. The minimum atomic E-state index is -0.0890. The van der Waals surface area contributed by atoms with Crippen LogP contribution >= 0.6 is 0 Å². The van der Waals surface area contributed by atoms with Crippen LogP contribution in [0.3, 0.4) is 0 Å². The molecule has 0 aromatic rings. The molecule has 1 saturated carbocycles. The van der Waals surface area contributed by atoms with E-state index in [9.17, 15) is 5.11 Å². The summed E-state index contributed by atoms with van der Waals surface area (Å²) >= 11 is 0. The highest BCUT2D eigenvalue weighted by Crippen LogP contribution is 2.50. The van der Waals surface area contributed by atoms with Crippen LogP contribution in [0.15, 0.2) is 12.2 Å². The maximum atomic E-state index is 9.72. The number of hydrogen-bond donors (Lipinski definition) is 1. The molecule has 5 atom stereocenters. The smallest absolute Gasteiger partial charge is 0.0672 e. The van der Waals surface area contributed by atoms with E-state index in [1.807, 2.05) is 0 Å². The summed E-state index contributed by atoms with van der Waals surface area (Å²) in [7, 11) is 0. The SMILES string of the molecule is OC1[C@H]2C=C[C@H]1[C@H]1COC[C@H]12. The first-order valence-corrected chi connectivity index (χ1v) is 4.32. The summed E-state index contributed by atoms with van der Waals surface area (Å²) in [5.41, 5.74) is 0. The van der Waals surface area contributed by atoms with Gasteiger partial charge in [0.1, 0.15) is 0 Å². The number of ether oxygens (including phenoxy) is 1. The van der Waals surface area contributed by atoms with Crippen molar-refractivity contribution in [2.75, 3.05) is 13.2 Å². The first-order chi connectivity index (χ1) is 5.38. The standard InChI is InChI=1S/C9H12O2/c10-9-5-1-2-6(9)8-4-11-3-7(5)8/h1-2,5-10H,3-4H2/t5-,6-,7-,8+,9?/m0/s1. The third-order valence-corrected chi connectivity index (χ3v) is 3.50. The first-order valence-electron chi connectivity index (χ1n) is 4.32. The van der Waals surface area contributed by atoms with E-state index in [0.29, 0.717) is 23.7 Å². The second kappa shape index (κ2) is 1.87. The van der Waals surface area contributed by atoms with E-state index in [-0.39, 0.29) is 6.10 Å². The molecule has 0 amide bonds. The van der Waals surface area contributed by atoms with Crippen molar-refractivity contribution >= 4 is 0 Å². The molecule has 1 saturated heterocycles. The van der Waals surface area contributed by atoms with E-state index in [2.05, 4.69) is 12.2 Å². The summed E-state index contributed by atoms with van der Waals surface area (Å²) in [6, 6.07) is 0. The summed E-state index contributed by atoms with van der Waals surface area (Å²) in [5.74, 6) is 2.07. The largest absolute Gasteiger partial charge is 0.392 e. The van der Waals surface area contributed by atoms with Gasteiger partial charge in [0, 0.05) is 11.8 Å². The summed E-state index contributed by atoms with van der Waals surface area (Å²) < 4.78 is 5.39. The van der Waals surface area contributed by atoms with Gasteiger partial charge in [0.25, 0.3) is 0 Å². The van der Waals surface area contributed by atoms with Crippen molar-refractivity contribution in [3.63, 3.8) is 0 Å². The fourth-order valence-electron chi connectivity index (χ4n) is 2.91. The van der Waals surface area contributed by atoms with Crippen LogP contribution in [0, 0.1) is 23.7 Å². The fourth-order valence-corrected chi connectivity index (χ4v) is 2.91. The molecule has 0 spiro atoms. The van der Waals surface area contributed by atoms with Crippen molar-refractivity contribution in [2.45, 2.75) is 6.10 Å². The Hall–Kier alpha value is -0.340.